The fourth-order valence-corrected chi connectivity index (χ4v) is 3.48. The van der Waals surface area contributed by atoms with E-state index in [2.05, 4.69) is 22.0 Å². The molecule has 0 N–H and O–H groups in total. The molecule has 150 valence electrons. The second kappa shape index (κ2) is 8.31. The van der Waals surface area contributed by atoms with Gasteiger partial charge in [0.1, 0.15) is 5.75 Å². The lowest BCUT2D eigenvalue weighted by molar-refractivity contribution is 0.0548. The summed E-state index contributed by atoms with van der Waals surface area (Å²) in [6.45, 7) is 7.70. The van der Waals surface area contributed by atoms with Crippen molar-refractivity contribution in [1.82, 2.24) is 19.9 Å². The van der Waals surface area contributed by atoms with Crippen LogP contribution >= 0.6 is 0 Å². The van der Waals surface area contributed by atoms with Crippen molar-refractivity contribution in [2.75, 3.05) is 32.8 Å². The van der Waals surface area contributed by atoms with Crippen molar-refractivity contribution in [3.8, 4) is 5.75 Å². The number of aryl methyl sites for hydroxylation is 1. The molecule has 1 aliphatic carbocycles. The summed E-state index contributed by atoms with van der Waals surface area (Å²) in [7, 11) is 0. The Morgan fingerprint density at radius 2 is 2.00 bits per heavy atom. The van der Waals surface area contributed by atoms with Gasteiger partial charge in [-0.2, -0.15) is 4.98 Å². The highest BCUT2D eigenvalue weighted by atomic mass is 16.5. The Bertz CT molecular complexity index is 809. The second-order valence-electron chi connectivity index (χ2n) is 7.66. The fraction of sp³-hybridized carbons (Fsp3) is 0.571. The number of benzene rings is 1. The monoisotopic (exact) mass is 384 g/mol. The summed E-state index contributed by atoms with van der Waals surface area (Å²) in [6.07, 6.45) is 3.23. The van der Waals surface area contributed by atoms with Gasteiger partial charge in [0, 0.05) is 32.6 Å². The minimum atomic E-state index is 0.0461. The average molecular weight is 384 g/mol. The number of amides is 1. The van der Waals surface area contributed by atoms with E-state index in [9.17, 15) is 4.79 Å². The molecule has 0 radical (unpaired) electrons. The quantitative estimate of drug-likeness (QED) is 0.731. The summed E-state index contributed by atoms with van der Waals surface area (Å²) in [5.74, 6) is 2.79. The fourth-order valence-electron chi connectivity index (χ4n) is 3.48. The van der Waals surface area contributed by atoms with Gasteiger partial charge in [-0.1, -0.05) is 24.2 Å². The normalized spacial score (nSPS) is 18.9. The molecule has 0 spiro atoms. The SMILES string of the molecule is CCc1noc(C(C)N2CCN(C(=O)c3ccccc3OCC3CC3)CC2)n1. The molecule has 1 unspecified atom stereocenters. The highest BCUT2D eigenvalue weighted by Gasteiger charge is 2.29. The van der Waals surface area contributed by atoms with Crippen molar-refractivity contribution in [1.29, 1.82) is 0 Å². The van der Waals surface area contributed by atoms with Gasteiger partial charge in [-0.3, -0.25) is 9.69 Å². The first-order chi connectivity index (χ1) is 13.7. The smallest absolute Gasteiger partial charge is 0.257 e. The first kappa shape index (κ1) is 18.9. The molecule has 2 heterocycles. The van der Waals surface area contributed by atoms with Crippen LogP contribution in [0.25, 0.3) is 0 Å². The minimum Gasteiger partial charge on any atom is -0.492 e. The Morgan fingerprint density at radius 1 is 1.25 bits per heavy atom. The molecule has 1 atom stereocenters. The molecule has 4 rings (SSSR count). The van der Waals surface area contributed by atoms with E-state index in [-0.39, 0.29) is 11.9 Å². The number of rotatable bonds is 7. The van der Waals surface area contributed by atoms with Gasteiger partial charge in [0.2, 0.25) is 5.89 Å². The third-order valence-electron chi connectivity index (χ3n) is 5.60. The Morgan fingerprint density at radius 3 is 2.68 bits per heavy atom. The zero-order chi connectivity index (χ0) is 19.5. The Kier molecular flexibility index (Phi) is 5.62. The van der Waals surface area contributed by atoms with Gasteiger partial charge in [-0.25, -0.2) is 0 Å². The summed E-state index contributed by atoms with van der Waals surface area (Å²) in [6, 6.07) is 7.64. The van der Waals surface area contributed by atoms with Crippen molar-refractivity contribution >= 4 is 5.91 Å². The number of piperazine rings is 1. The average Bonchev–Trinajstić information content (AvgIpc) is 3.45. The lowest BCUT2D eigenvalue weighted by atomic mass is 10.1. The number of hydrogen-bond donors (Lipinski definition) is 0. The van der Waals surface area contributed by atoms with Crippen LogP contribution in [0.3, 0.4) is 0 Å². The third kappa shape index (κ3) is 4.19. The van der Waals surface area contributed by atoms with Crippen molar-refractivity contribution in [2.45, 2.75) is 39.2 Å². The number of aromatic nitrogens is 2. The highest BCUT2D eigenvalue weighted by molar-refractivity contribution is 5.97. The molecule has 2 aromatic rings. The largest absolute Gasteiger partial charge is 0.492 e. The van der Waals surface area contributed by atoms with Crippen molar-refractivity contribution in [3.63, 3.8) is 0 Å². The standard InChI is InChI=1S/C21H28N4O3/c1-3-19-22-20(28-23-19)15(2)24-10-12-25(13-11-24)21(26)17-6-4-5-7-18(17)27-14-16-8-9-16/h4-7,15-16H,3,8-14H2,1-2H3. The molecule has 1 amide bonds. The van der Waals surface area contributed by atoms with E-state index in [1.807, 2.05) is 36.1 Å². The predicted octanol–water partition coefficient (Wildman–Crippen LogP) is 2.94. The number of nitrogens with zero attached hydrogens (tertiary/aromatic N) is 4. The Labute approximate surface area is 165 Å². The first-order valence-electron chi connectivity index (χ1n) is 10.2. The highest BCUT2D eigenvalue weighted by Crippen LogP contribution is 2.31. The number of hydrogen-bond acceptors (Lipinski definition) is 6. The van der Waals surface area contributed by atoms with Crippen LogP contribution in [0.4, 0.5) is 0 Å². The number of carbonyl (C=O) groups excluding carboxylic acids is 1. The molecule has 0 bridgehead atoms. The molecular formula is C21H28N4O3. The van der Waals surface area contributed by atoms with Crippen LogP contribution in [0, 0.1) is 5.92 Å². The summed E-state index contributed by atoms with van der Waals surface area (Å²) >= 11 is 0. The van der Waals surface area contributed by atoms with Gasteiger partial charge >= 0.3 is 0 Å². The number of ether oxygens (including phenoxy) is 1. The molecule has 2 fully saturated rings. The van der Waals surface area contributed by atoms with E-state index >= 15 is 0 Å². The molecule has 1 aromatic carbocycles. The lowest BCUT2D eigenvalue weighted by Crippen LogP contribution is -2.49. The van der Waals surface area contributed by atoms with Crippen LogP contribution in [0.15, 0.2) is 28.8 Å². The third-order valence-corrected chi connectivity index (χ3v) is 5.60. The van der Waals surface area contributed by atoms with Gasteiger partial charge in [-0.15, -0.1) is 0 Å². The predicted molar refractivity (Wildman–Crippen MR) is 104 cm³/mol. The van der Waals surface area contributed by atoms with Crippen LogP contribution in [0.1, 0.15) is 54.8 Å². The van der Waals surface area contributed by atoms with E-state index in [1.165, 1.54) is 12.8 Å². The van der Waals surface area contributed by atoms with E-state index in [1.54, 1.807) is 0 Å². The van der Waals surface area contributed by atoms with Crippen LogP contribution in [0.2, 0.25) is 0 Å². The molecule has 2 aliphatic rings. The molecule has 28 heavy (non-hydrogen) atoms. The zero-order valence-corrected chi connectivity index (χ0v) is 16.6. The maximum absolute atomic E-state index is 13.1. The van der Waals surface area contributed by atoms with Crippen LogP contribution < -0.4 is 4.74 Å². The summed E-state index contributed by atoms with van der Waals surface area (Å²) < 4.78 is 11.3. The van der Waals surface area contributed by atoms with Crippen LogP contribution in [0.5, 0.6) is 5.75 Å². The van der Waals surface area contributed by atoms with Crippen LogP contribution in [-0.4, -0.2) is 58.6 Å². The minimum absolute atomic E-state index is 0.0461. The molecule has 1 saturated heterocycles. The lowest BCUT2D eigenvalue weighted by Gasteiger charge is -2.37. The van der Waals surface area contributed by atoms with E-state index in [0.29, 0.717) is 42.8 Å². The molecule has 1 aromatic heterocycles. The topological polar surface area (TPSA) is 71.7 Å². The zero-order valence-electron chi connectivity index (χ0n) is 16.6. The van der Waals surface area contributed by atoms with Gasteiger partial charge in [0.15, 0.2) is 5.82 Å². The Hall–Kier alpha value is -2.41. The van der Waals surface area contributed by atoms with E-state index < -0.39 is 0 Å². The van der Waals surface area contributed by atoms with Gasteiger partial charge in [0.05, 0.1) is 18.2 Å². The van der Waals surface area contributed by atoms with Crippen LogP contribution in [-0.2, 0) is 6.42 Å². The van der Waals surface area contributed by atoms with Crippen molar-refractivity contribution in [2.24, 2.45) is 5.92 Å². The number of para-hydroxylation sites is 1. The number of carbonyl (C=O) groups is 1. The summed E-state index contributed by atoms with van der Waals surface area (Å²) in [4.78, 5) is 21.7. The molecule has 1 saturated carbocycles. The Balaban J connectivity index is 1.36. The first-order valence-corrected chi connectivity index (χ1v) is 10.2. The maximum Gasteiger partial charge on any atom is 0.257 e. The second-order valence-corrected chi connectivity index (χ2v) is 7.66. The van der Waals surface area contributed by atoms with Crippen molar-refractivity contribution in [3.05, 3.63) is 41.5 Å². The van der Waals surface area contributed by atoms with Gasteiger partial charge in [0.25, 0.3) is 5.91 Å². The summed E-state index contributed by atoms with van der Waals surface area (Å²) in [5.41, 5.74) is 0.661. The molecule has 1 aliphatic heterocycles. The van der Waals surface area contributed by atoms with E-state index in [0.717, 1.165) is 25.3 Å². The van der Waals surface area contributed by atoms with E-state index in [4.69, 9.17) is 9.26 Å². The van der Waals surface area contributed by atoms with Gasteiger partial charge < -0.3 is 14.2 Å². The maximum atomic E-state index is 13.1. The summed E-state index contributed by atoms with van der Waals surface area (Å²) in [5, 5.41) is 3.99. The van der Waals surface area contributed by atoms with Gasteiger partial charge in [-0.05, 0) is 37.8 Å². The molecule has 7 heteroatoms. The van der Waals surface area contributed by atoms with Crippen molar-refractivity contribution < 1.29 is 14.1 Å². The molecular weight excluding hydrogens is 356 g/mol. The molecule has 7 nitrogen and oxygen atoms in total.